The summed E-state index contributed by atoms with van der Waals surface area (Å²) in [5.74, 6) is -0.717. The molecule has 1 fully saturated rings. The average Bonchev–Trinajstić information content (AvgIpc) is 3.16. The summed E-state index contributed by atoms with van der Waals surface area (Å²) in [7, 11) is 0. The minimum Gasteiger partial charge on any atom is -0.363 e. The molecule has 0 aromatic rings. The third kappa shape index (κ3) is 7.90. The van der Waals surface area contributed by atoms with Crippen molar-refractivity contribution in [2.75, 3.05) is 6.61 Å². The number of unbranched alkanes of at least 4 members (excludes halogenated alkanes) is 8. The van der Waals surface area contributed by atoms with Crippen molar-refractivity contribution in [2.24, 2.45) is 0 Å². The Kier molecular flexibility index (Phi) is 9.22. The molecule has 1 unspecified atom stereocenters. The number of hydrogen-bond acceptors (Lipinski definition) is 5. The molecule has 0 aliphatic carbocycles. The van der Waals surface area contributed by atoms with Crippen LogP contribution in [0.4, 0.5) is 0 Å². The molecule has 156 valence electrons. The molecule has 2 rings (SSSR count). The van der Waals surface area contributed by atoms with Crippen molar-refractivity contribution < 1.29 is 24.1 Å². The average molecular weight is 384 g/mol. The van der Waals surface area contributed by atoms with Crippen LogP contribution in [-0.4, -0.2) is 41.9 Å². The Bertz CT molecular complexity index is 491. The van der Waals surface area contributed by atoms with Gasteiger partial charge in [0.05, 0.1) is 12.3 Å². The summed E-state index contributed by atoms with van der Waals surface area (Å²) in [6, 6.07) is 0. The number of hydrogen-bond donors (Lipinski definition) is 2. The molecule has 1 saturated heterocycles. The zero-order valence-electron chi connectivity index (χ0n) is 17.2. The second-order valence-corrected chi connectivity index (χ2v) is 8.07. The molecule has 2 aliphatic heterocycles. The van der Waals surface area contributed by atoms with E-state index in [1.807, 2.05) is 13.8 Å². The SMILES string of the molecule is CCCCCCCCCCCC(=O)NC1=C[C@@H]([C@H]2COC(C)(C)O2)OC1O. The van der Waals surface area contributed by atoms with E-state index in [4.69, 9.17) is 14.2 Å². The molecule has 0 aromatic heterocycles. The van der Waals surface area contributed by atoms with Crippen LogP contribution in [0.2, 0.25) is 0 Å². The van der Waals surface area contributed by atoms with Crippen molar-refractivity contribution >= 4 is 5.91 Å². The van der Waals surface area contributed by atoms with Crippen LogP contribution in [0.3, 0.4) is 0 Å². The number of nitrogens with one attached hydrogen (secondary N) is 1. The van der Waals surface area contributed by atoms with E-state index in [1.54, 1.807) is 6.08 Å². The van der Waals surface area contributed by atoms with Gasteiger partial charge in [0.2, 0.25) is 5.91 Å². The van der Waals surface area contributed by atoms with Gasteiger partial charge in [0, 0.05) is 6.42 Å². The van der Waals surface area contributed by atoms with Crippen LogP contribution in [0.15, 0.2) is 11.8 Å². The van der Waals surface area contributed by atoms with Crippen LogP contribution in [0, 0.1) is 0 Å². The molecule has 3 atom stereocenters. The normalized spacial score (nSPS) is 27.0. The molecule has 6 nitrogen and oxygen atoms in total. The Hall–Kier alpha value is -0.950. The number of ether oxygens (including phenoxy) is 3. The van der Waals surface area contributed by atoms with Gasteiger partial charge in [-0.1, -0.05) is 58.3 Å². The van der Waals surface area contributed by atoms with E-state index in [-0.39, 0.29) is 12.0 Å². The topological polar surface area (TPSA) is 77.0 Å². The van der Waals surface area contributed by atoms with Gasteiger partial charge >= 0.3 is 0 Å². The minimum atomic E-state index is -1.12. The van der Waals surface area contributed by atoms with Crippen molar-refractivity contribution in [3.63, 3.8) is 0 Å². The summed E-state index contributed by atoms with van der Waals surface area (Å²) in [4.78, 5) is 12.1. The van der Waals surface area contributed by atoms with Gasteiger partial charge in [-0.2, -0.15) is 0 Å². The van der Waals surface area contributed by atoms with E-state index in [1.165, 1.54) is 44.9 Å². The smallest absolute Gasteiger partial charge is 0.224 e. The molecule has 0 bridgehead atoms. The van der Waals surface area contributed by atoms with Gasteiger partial charge in [0.15, 0.2) is 12.1 Å². The number of carbonyl (C=O) groups excluding carboxylic acids is 1. The van der Waals surface area contributed by atoms with Crippen molar-refractivity contribution in [1.82, 2.24) is 5.32 Å². The van der Waals surface area contributed by atoms with Gasteiger partial charge in [-0.3, -0.25) is 4.79 Å². The van der Waals surface area contributed by atoms with E-state index < -0.39 is 18.2 Å². The molecule has 0 saturated carbocycles. The molecule has 1 amide bonds. The van der Waals surface area contributed by atoms with E-state index in [2.05, 4.69) is 12.2 Å². The van der Waals surface area contributed by atoms with Crippen molar-refractivity contribution in [1.29, 1.82) is 0 Å². The zero-order chi connectivity index (χ0) is 19.7. The van der Waals surface area contributed by atoms with Gasteiger partial charge in [-0.25, -0.2) is 0 Å². The molecule has 2 heterocycles. The van der Waals surface area contributed by atoms with Crippen LogP contribution < -0.4 is 5.32 Å². The van der Waals surface area contributed by atoms with Gasteiger partial charge < -0.3 is 24.6 Å². The summed E-state index contributed by atoms with van der Waals surface area (Å²) in [5, 5.41) is 12.8. The second-order valence-electron chi connectivity index (χ2n) is 8.07. The molecule has 0 radical (unpaired) electrons. The number of carbonyl (C=O) groups is 1. The molecular formula is C21H37NO5. The quantitative estimate of drug-likeness (QED) is 0.502. The van der Waals surface area contributed by atoms with Gasteiger partial charge in [0.25, 0.3) is 0 Å². The molecule has 6 heteroatoms. The lowest BCUT2D eigenvalue weighted by molar-refractivity contribution is -0.165. The first-order chi connectivity index (χ1) is 12.9. The molecule has 0 aromatic carbocycles. The second kappa shape index (κ2) is 11.1. The molecule has 27 heavy (non-hydrogen) atoms. The molecule has 2 aliphatic rings. The lowest BCUT2D eigenvalue weighted by Gasteiger charge is -2.20. The maximum Gasteiger partial charge on any atom is 0.224 e. The Morgan fingerprint density at radius 3 is 2.37 bits per heavy atom. The van der Waals surface area contributed by atoms with E-state index >= 15 is 0 Å². The third-order valence-electron chi connectivity index (χ3n) is 5.08. The van der Waals surface area contributed by atoms with Gasteiger partial charge in [-0.15, -0.1) is 0 Å². The Morgan fingerprint density at radius 1 is 1.15 bits per heavy atom. The first-order valence-corrected chi connectivity index (χ1v) is 10.6. The molecule has 2 N–H and O–H groups in total. The Labute approximate surface area is 163 Å². The number of rotatable bonds is 12. The number of aliphatic hydroxyl groups excluding tert-OH is 1. The fraction of sp³-hybridized carbons (Fsp3) is 0.857. The zero-order valence-corrected chi connectivity index (χ0v) is 17.2. The largest absolute Gasteiger partial charge is 0.363 e. The first-order valence-electron chi connectivity index (χ1n) is 10.6. The molecular weight excluding hydrogens is 346 g/mol. The fourth-order valence-corrected chi connectivity index (χ4v) is 3.52. The number of amides is 1. The minimum absolute atomic E-state index is 0.0728. The maximum atomic E-state index is 12.1. The predicted molar refractivity (Wildman–Crippen MR) is 104 cm³/mol. The molecule has 0 spiro atoms. The standard InChI is InChI=1S/C21H37NO5/c1-4-5-6-7-8-9-10-11-12-13-19(23)22-16-14-17(26-20(16)24)18-15-25-21(2,3)27-18/h14,17-18,20,24H,4-13,15H2,1-3H3,(H,22,23)/t17-,18+,20?/m0/s1. The first kappa shape index (κ1) is 22.3. The van der Waals surface area contributed by atoms with Crippen molar-refractivity contribution in [3.8, 4) is 0 Å². The van der Waals surface area contributed by atoms with Crippen LogP contribution in [-0.2, 0) is 19.0 Å². The highest BCUT2D eigenvalue weighted by atomic mass is 16.8. The summed E-state index contributed by atoms with van der Waals surface area (Å²) in [6.07, 6.45) is 11.4. The van der Waals surface area contributed by atoms with Crippen LogP contribution in [0.25, 0.3) is 0 Å². The lowest BCUT2D eigenvalue weighted by atomic mass is 10.1. The summed E-state index contributed by atoms with van der Waals surface area (Å²) in [6.45, 7) is 6.32. The lowest BCUT2D eigenvalue weighted by Crippen LogP contribution is -2.31. The van der Waals surface area contributed by atoms with Gasteiger partial charge in [0.1, 0.15) is 12.2 Å². The van der Waals surface area contributed by atoms with Crippen molar-refractivity contribution in [2.45, 2.75) is 109 Å². The van der Waals surface area contributed by atoms with E-state index in [0.717, 1.165) is 12.8 Å². The van der Waals surface area contributed by atoms with Crippen LogP contribution in [0.5, 0.6) is 0 Å². The third-order valence-corrected chi connectivity index (χ3v) is 5.08. The van der Waals surface area contributed by atoms with E-state index in [9.17, 15) is 9.90 Å². The van der Waals surface area contributed by atoms with Crippen LogP contribution >= 0.6 is 0 Å². The van der Waals surface area contributed by atoms with Gasteiger partial charge in [-0.05, 0) is 26.3 Å². The Morgan fingerprint density at radius 2 is 1.78 bits per heavy atom. The summed E-state index contributed by atoms with van der Waals surface area (Å²) in [5.41, 5.74) is 0.411. The van der Waals surface area contributed by atoms with E-state index in [0.29, 0.717) is 18.7 Å². The van der Waals surface area contributed by atoms with Crippen molar-refractivity contribution in [3.05, 3.63) is 11.8 Å². The summed E-state index contributed by atoms with van der Waals surface area (Å²) < 4.78 is 16.8. The summed E-state index contributed by atoms with van der Waals surface area (Å²) >= 11 is 0. The number of aliphatic hydroxyl groups is 1. The maximum absolute atomic E-state index is 12.1. The predicted octanol–water partition coefficient (Wildman–Crippen LogP) is 3.78. The monoisotopic (exact) mass is 383 g/mol. The Balaban J connectivity index is 1.59. The highest BCUT2D eigenvalue weighted by molar-refractivity contribution is 5.77. The fourth-order valence-electron chi connectivity index (χ4n) is 3.52. The highest BCUT2D eigenvalue weighted by Gasteiger charge is 2.41. The van der Waals surface area contributed by atoms with Crippen LogP contribution in [0.1, 0.15) is 85.0 Å². The highest BCUT2D eigenvalue weighted by Crippen LogP contribution is 2.29.